The Bertz CT molecular complexity index is 485. The predicted molar refractivity (Wildman–Crippen MR) is 102 cm³/mol. The van der Waals surface area contributed by atoms with Gasteiger partial charge in [0.2, 0.25) is 0 Å². The highest BCUT2D eigenvalue weighted by atomic mass is 16.5. The summed E-state index contributed by atoms with van der Waals surface area (Å²) < 4.78 is 11.3. The summed E-state index contributed by atoms with van der Waals surface area (Å²) in [7, 11) is 1.69. The second kappa shape index (κ2) is 11.9. The van der Waals surface area contributed by atoms with Crippen LogP contribution in [-0.4, -0.2) is 44.8 Å². The minimum Gasteiger partial charge on any atom is -0.493 e. The molecule has 1 aromatic carbocycles. The van der Waals surface area contributed by atoms with Crippen molar-refractivity contribution in [3.8, 4) is 11.5 Å². The Kier molecular flexibility index (Phi) is 10.2. The topological polar surface area (TPSA) is 33.7 Å². The average Bonchev–Trinajstić information content (AvgIpc) is 2.60. The summed E-state index contributed by atoms with van der Waals surface area (Å²) in [6.45, 7) is 16.1. The Labute approximate surface area is 147 Å². The van der Waals surface area contributed by atoms with E-state index in [0.29, 0.717) is 6.61 Å². The Morgan fingerprint density at radius 1 is 1.21 bits per heavy atom. The first-order valence-corrected chi connectivity index (χ1v) is 9.06. The fourth-order valence-corrected chi connectivity index (χ4v) is 2.79. The molecule has 0 saturated carbocycles. The molecule has 136 valence electrons. The summed E-state index contributed by atoms with van der Waals surface area (Å²) in [5.41, 5.74) is 2.35. The van der Waals surface area contributed by atoms with Crippen LogP contribution < -0.4 is 14.8 Å². The normalized spacial score (nSPS) is 10.9. The lowest BCUT2D eigenvalue weighted by Crippen LogP contribution is -2.27. The summed E-state index contributed by atoms with van der Waals surface area (Å²) in [4.78, 5) is 2.45. The molecule has 0 radical (unpaired) electrons. The van der Waals surface area contributed by atoms with Gasteiger partial charge in [0.05, 0.1) is 13.7 Å². The van der Waals surface area contributed by atoms with Gasteiger partial charge < -0.3 is 19.7 Å². The van der Waals surface area contributed by atoms with Crippen molar-refractivity contribution in [2.45, 2.75) is 40.2 Å². The van der Waals surface area contributed by atoms with E-state index in [2.05, 4.69) is 42.8 Å². The van der Waals surface area contributed by atoms with Gasteiger partial charge in [0, 0.05) is 12.1 Å². The lowest BCUT2D eigenvalue weighted by atomic mass is 10.1. The highest BCUT2D eigenvalue weighted by molar-refractivity contribution is 5.50. The zero-order valence-corrected chi connectivity index (χ0v) is 15.9. The van der Waals surface area contributed by atoms with E-state index in [-0.39, 0.29) is 0 Å². The molecule has 0 heterocycles. The zero-order chi connectivity index (χ0) is 17.8. The SMILES string of the molecule is C=CCc1cc(CNCCCN(CC)CC)cc(OC)c1OCC. The van der Waals surface area contributed by atoms with E-state index in [0.717, 1.165) is 62.6 Å². The lowest BCUT2D eigenvalue weighted by molar-refractivity contribution is 0.298. The first-order chi connectivity index (χ1) is 11.7. The first-order valence-electron chi connectivity index (χ1n) is 9.06. The molecular formula is C20H34N2O2. The Balaban J connectivity index is 2.64. The smallest absolute Gasteiger partial charge is 0.164 e. The van der Waals surface area contributed by atoms with Crippen molar-refractivity contribution < 1.29 is 9.47 Å². The maximum atomic E-state index is 5.76. The molecule has 24 heavy (non-hydrogen) atoms. The number of rotatable bonds is 13. The van der Waals surface area contributed by atoms with Crippen LogP contribution in [0.2, 0.25) is 0 Å². The number of nitrogens with zero attached hydrogens (tertiary/aromatic N) is 1. The highest BCUT2D eigenvalue weighted by Crippen LogP contribution is 2.33. The molecule has 4 heteroatoms. The van der Waals surface area contributed by atoms with Gasteiger partial charge in [-0.1, -0.05) is 26.0 Å². The lowest BCUT2D eigenvalue weighted by Gasteiger charge is -2.18. The minimum absolute atomic E-state index is 0.628. The second-order valence-corrected chi connectivity index (χ2v) is 5.77. The van der Waals surface area contributed by atoms with Gasteiger partial charge in [-0.3, -0.25) is 0 Å². The Hall–Kier alpha value is -1.52. The second-order valence-electron chi connectivity index (χ2n) is 5.77. The largest absolute Gasteiger partial charge is 0.493 e. The van der Waals surface area contributed by atoms with Crippen LogP contribution in [0.5, 0.6) is 11.5 Å². The van der Waals surface area contributed by atoms with Crippen LogP contribution in [0.4, 0.5) is 0 Å². The van der Waals surface area contributed by atoms with Gasteiger partial charge in [0.25, 0.3) is 0 Å². The predicted octanol–water partition coefficient (Wildman–Crippen LogP) is 3.64. The molecule has 0 saturated heterocycles. The third-order valence-corrected chi connectivity index (χ3v) is 4.12. The minimum atomic E-state index is 0.628. The number of methoxy groups -OCH3 is 1. The fraction of sp³-hybridized carbons (Fsp3) is 0.600. The summed E-state index contributed by atoms with van der Waals surface area (Å²) >= 11 is 0. The van der Waals surface area contributed by atoms with Gasteiger partial charge in [-0.05, 0) is 57.6 Å². The summed E-state index contributed by atoms with van der Waals surface area (Å²) in [5, 5.41) is 3.53. The van der Waals surface area contributed by atoms with E-state index in [1.165, 1.54) is 5.56 Å². The number of hydrogen-bond acceptors (Lipinski definition) is 4. The van der Waals surface area contributed by atoms with E-state index in [9.17, 15) is 0 Å². The Morgan fingerprint density at radius 2 is 1.96 bits per heavy atom. The molecule has 1 N–H and O–H groups in total. The quantitative estimate of drug-likeness (QED) is 0.441. The summed E-state index contributed by atoms with van der Waals surface area (Å²) in [6, 6.07) is 4.25. The third kappa shape index (κ3) is 6.54. The van der Waals surface area contributed by atoms with Crippen molar-refractivity contribution in [1.29, 1.82) is 0 Å². The molecule has 0 atom stereocenters. The van der Waals surface area contributed by atoms with Crippen LogP contribution in [0.25, 0.3) is 0 Å². The first kappa shape index (κ1) is 20.5. The molecule has 0 aromatic heterocycles. The molecule has 0 aliphatic heterocycles. The van der Waals surface area contributed by atoms with Crippen molar-refractivity contribution in [2.75, 3.05) is 39.9 Å². The van der Waals surface area contributed by atoms with Gasteiger partial charge >= 0.3 is 0 Å². The van der Waals surface area contributed by atoms with Crippen LogP contribution in [-0.2, 0) is 13.0 Å². The highest BCUT2D eigenvalue weighted by Gasteiger charge is 2.12. The Morgan fingerprint density at radius 3 is 2.54 bits per heavy atom. The zero-order valence-electron chi connectivity index (χ0n) is 15.9. The average molecular weight is 335 g/mol. The van der Waals surface area contributed by atoms with E-state index < -0.39 is 0 Å². The van der Waals surface area contributed by atoms with Gasteiger partial charge in [0.1, 0.15) is 0 Å². The van der Waals surface area contributed by atoms with Crippen LogP contribution >= 0.6 is 0 Å². The molecule has 0 bridgehead atoms. The van der Waals surface area contributed by atoms with Crippen molar-refractivity contribution in [3.05, 3.63) is 35.9 Å². The molecule has 4 nitrogen and oxygen atoms in total. The number of nitrogens with one attached hydrogen (secondary N) is 1. The summed E-state index contributed by atoms with van der Waals surface area (Å²) in [6.07, 6.45) is 3.84. The number of ether oxygens (including phenoxy) is 2. The molecular weight excluding hydrogens is 300 g/mol. The van der Waals surface area contributed by atoms with Crippen molar-refractivity contribution in [3.63, 3.8) is 0 Å². The van der Waals surface area contributed by atoms with Gasteiger partial charge in [-0.15, -0.1) is 6.58 Å². The molecule has 1 rings (SSSR count). The van der Waals surface area contributed by atoms with Crippen molar-refractivity contribution >= 4 is 0 Å². The molecule has 0 spiro atoms. The van der Waals surface area contributed by atoms with Crippen molar-refractivity contribution in [2.24, 2.45) is 0 Å². The number of hydrogen-bond donors (Lipinski definition) is 1. The summed E-state index contributed by atoms with van der Waals surface area (Å²) in [5.74, 6) is 1.64. The molecule has 0 fully saturated rings. The fourth-order valence-electron chi connectivity index (χ4n) is 2.79. The van der Waals surface area contributed by atoms with Crippen LogP contribution in [0, 0.1) is 0 Å². The molecule has 0 aliphatic rings. The van der Waals surface area contributed by atoms with Gasteiger partial charge in [-0.25, -0.2) is 0 Å². The maximum absolute atomic E-state index is 5.76. The third-order valence-electron chi connectivity index (χ3n) is 4.12. The molecule has 1 aromatic rings. The number of allylic oxidation sites excluding steroid dienone is 1. The monoisotopic (exact) mass is 334 g/mol. The van der Waals surface area contributed by atoms with Gasteiger partial charge in [0.15, 0.2) is 11.5 Å². The molecule has 0 unspecified atom stereocenters. The standard InChI is InChI=1S/C20H34N2O2/c1-6-11-18-14-17(15-19(23-5)20(18)24-9-4)16-21-12-10-13-22(7-2)8-3/h6,14-15,21H,1,7-13,16H2,2-5H3. The van der Waals surface area contributed by atoms with Crippen LogP contribution in [0.1, 0.15) is 38.3 Å². The van der Waals surface area contributed by atoms with E-state index in [1.807, 2.05) is 13.0 Å². The van der Waals surface area contributed by atoms with Crippen molar-refractivity contribution in [1.82, 2.24) is 10.2 Å². The number of benzene rings is 1. The molecule has 0 amide bonds. The van der Waals surface area contributed by atoms with E-state index in [4.69, 9.17) is 9.47 Å². The van der Waals surface area contributed by atoms with E-state index >= 15 is 0 Å². The van der Waals surface area contributed by atoms with Crippen LogP contribution in [0.3, 0.4) is 0 Å². The molecule has 0 aliphatic carbocycles. The van der Waals surface area contributed by atoms with Crippen LogP contribution in [0.15, 0.2) is 24.8 Å². The van der Waals surface area contributed by atoms with E-state index in [1.54, 1.807) is 7.11 Å². The maximum Gasteiger partial charge on any atom is 0.164 e. The van der Waals surface area contributed by atoms with Gasteiger partial charge in [-0.2, -0.15) is 0 Å².